The zero-order chi connectivity index (χ0) is 14.2. The summed E-state index contributed by atoms with van der Waals surface area (Å²) in [5.74, 6) is -0.624. The van der Waals surface area contributed by atoms with Crippen molar-refractivity contribution in [1.82, 2.24) is 0 Å². The first-order valence-electron chi connectivity index (χ1n) is 6.43. The molecule has 0 fully saturated rings. The van der Waals surface area contributed by atoms with Crippen LogP contribution >= 0.6 is 0 Å². The van der Waals surface area contributed by atoms with Gasteiger partial charge in [-0.2, -0.15) is 0 Å². The Labute approximate surface area is 109 Å². The van der Waals surface area contributed by atoms with Crippen LogP contribution in [0.4, 0.5) is 0 Å². The molecule has 0 heterocycles. The Kier molecular flexibility index (Phi) is 7.59. The number of ether oxygens (including phenoxy) is 2. The molecule has 0 aromatic carbocycles. The van der Waals surface area contributed by atoms with E-state index < -0.39 is 5.41 Å². The van der Waals surface area contributed by atoms with Gasteiger partial charge in [0.1, 0.15) is 0 Å². The van der Waals surface area contributed by atoms with Crippen LogP contribution in [0.25, 0.3) is 0 Å². The molecule has 2 N–H and O–H groups in total. The van der Waals surface area contributed by atoms with Crippen LogP contribution in [0.5, 0.6) is 0 Å². The highest BCUT2D eigenvalue weighted by Crippen LogP contribution is 2.31. The molecule has 0 radical (unpaired) electrons. The molecule has 0 saturated carbocycles. The number of hydrogen-bond donors (Lipinski definition) is 1. The van der Waals surface area contributed by atoms with E-state index in [0.717, 1.165) is 0 Å². The first-order valence-corrected chi connectivity index (χ1v) is 6.43. The normalized spacial score (nSPS) is 12.9. The maximum atomic E-state index is 11.8. The number of rotatable bonds is 8. The number of nitrogens with two attached hydrogens (primary N) is 1. The zero-order valence-corrected chi connectivity index (χ0v) is 11.8. The predicted molar refractivity (Wildman–Crippen MR) is 68.8 cm³/mol. The highest BCUT2D eigenvalue weighted by molar-refractivity contribution is 5.76. The summed E-state index contributed by atoms with van der Waals surface area (Å²) in [5.41, 5.74) is 5.01. The van der Waals surface area contributed by atoms with Crippen LogP contribution in [0.3, 0.4) is 0 Å². The van der Waals surface area contributed by atoms with E-state index in [-0.39, 0.29) is 24.3 Å². The van der Waals surface area contributed by atoms with Crippen LogP contribution < -0.4 is 5.73 Å². The van der Waals surface area contributed by atoms with E-state index in [1.807, 2.05) is 0 Å². The van der Waals surface area contributed by atoms with Gasteiger partial charge in [-0.15, -0.1) is 0 Å². The fraction of sp³-hybridized carbons (Fsp3) is 0.846. The van der Waals surface area contributed by atoms with Gasteiger partial charge in [0, 0.05) is 6.42 Å². The fourth-order valence-electron chi connectivity index (χ4n) is 1.78. The van der Waals surface area contributed by atoms with Gasteiger partial charge in [-0.25, -0.2) is 0 Å². The van der Waals surface area contributed by atoms with E-state index in [2.05, 4.69) is 0 Å². The van der Waals surface area contributed by atoms with E-state index in [1.54, 1.807) is 27.7 Å². The minimum absolute atomic E-state index is 0.0963. The van der Waals surface area contributed by atoms with Crippen molar-refractivity contribution < 1.29 is 19.1 Å². The molecule has 0 amide bonds. The third-order valence-electron chi connectivity index (χ3n) is 3.11. The van der Waals surface area contributed by atoms with Crippen molar-refractivity contribution in [2.75, 3.05) is 19.8 Å². The number of carbonyl (C=O) groups is 2. The van der Waals surface area contributed by atoms with E-state index in [0.29, 0.717) is 26.2 Å². The summed E-state index contributed by atoms with van der Waals surface area (Å²) in [4.78, 5) is 23.1. The van der Waals surface area contributed by atoms with Crippen molar-refractivity contribution in [2.24, 2.45) is 17.1 Å². The van der Waals surface area contributed by atoms with Gasteiger partial charge in [0.15, 0.2) is 0 Å². The van der Waals surface area contributed by atoms with Gasteiger partial charge in [0.25, 0.3) is 0 Å². The van der Waals surface area contributed by atoms with Crippen molar-refractivity contribution in [3.8, 4) is 0 Å². The van der Waals surface area contributed by atoms with Crippen molar-refractivity contribution in [3.05, 3.63) is 0 Å². The summed E-state index contributed by atoms with van der Waals surface area (Å²) in [5, 5.41) is 0. The minimum Gasteiger partial charge on any atom is -0.466 e. The monoisotopic (exact) mass is 259 g/mol. The molecule has 0 aliphatic rings. The van der Waals surface area contributed by atoms with Crippen molar-refractivity contribution in [1.29, 1.82) is 0 Å². The summed E-state index contributed by atoms with van der Waals surface area (Å²) in [6, 6.07) is 0. The molecule has 18 heavy (non-hydrogen) atoms. The molecule has 0 saturated heterocycles. The maximum Gasteiger partial charge on any atom is 0.311 e. The van der Waals surface area contributed by atoms with E-state index in [4.69, 9.17) is 15.2 Å². The average Bonchev–Trinajstić information content (AvgIpc) is 2.30. The second-order valence-corrected chi connectivity index (χ2v) is 4.72. The van der Waals surface area contributed by atoms with Gasteiger partial charge in [-0.05, 0) is 46.6 Å². The number of carbonyl (C=O) groups excluding carboxylic acids is 2. The lowest BCUT2D eigenvalue weighted by atomic mass is 9.76. The Morgan fingerprint density at radius 2 is 1.72 bits per heavy atom. The standard InChI is InChI=1S/C13H25NO4/c1-5-17-11(15)8-7-10(9-14)13(3,4)12(16)18-6-2/h10H,5-9,14H2,1-4H3. The molecule has 0 aliphatic heterocycles. The molecule has 0 aliphatic carbocycles. The van der Waals surface area contributed by atoms with Gasteiger partial charge in [0.05, 0.1) is 18.6 Å². The maximum absolute atomic E-state index is 11.8. The number of esters is 2. The second-order valence-electron chi connectivity index (χ2n) is 4.72. The van der Waals surface area contributed by atoms with Gasteiger partial charge >= 0.3 is 11.9 Å². The van der Waals surface area contributed by atoms with Crippen LogP contribution in [-0.4, -0.2) is 31.7 Å². The van der Waals surface area contributed by atoms with Crippen LogP contribution in [0, 0.1) is 11.3 Å². The molecule has 1 atom stereocenters. The molecule has 0 aromatic rings. The highest BCUT2D eigenvalue weighted by atomic mass is 16.5. The largest absolute Gasteiger partial charge is 0.466 e. The molecule has 1 unspecified atom stereocenters. The molecule has 0 bridgehead atoms. The Morgan fingerprint density at radius 1 is 1.17 bits per heavy atom. The molecule has 0 rings (SSSR count). The first-order chi connectivity index (χ1) is 8.39. The lowest BCUT2D eigenvalue weighted by Crippen LogP contribution is -2.39. The predicted octanol–water partition coefficient (Wildman–Crippen LogP) is 1.49. The van der Waals surface area contributed by atoms with Gasteiger partial charge in [0.2, 0.25) is 0 Å². The van der Waals surface area contributed by atoms with Gasteiger partial charge < -0.3 is 15.2 Å². The Balaban J connectivity index is 4.46. The Hall–Kier alpha value is -1.10. The Morgan fingerprint density at radius 3 is 2.17 bits per heavy atom. The molecule has 5 nitrogen and oxygen atoms in total. The summed E-state index contributed by atoms with van der Waals surface area (Å²) in [7, 11) is 0. The van der Waals surface area contributed by atoms with Crippen molar-refractivity contribution in [3.63, 3.8) is 0 Å². The minimum atomic E-state index is -0.683. The third-order valence-corrected chi connectivity index (χ3v) is 3.11. The summed E-state index contributed by atoms with van der Waals surface area (Å²) >= 11 is 0. The fourth-order valence-corrected chi connectivity index (χ4v) is 1.78. The highest BCUT2D eigenvalue weighted by Gasteiger charge is 2.37. The van der Waals surface area contributed by atoms with Crippen LogP contribution in [-0.2, 0) is 19.1 Å². The third kappa shape index (κ3) is 5.04. The second kappa shape index (κ2) is 8.08. The van der Waals surface area contributed by atoms with Crippen LogP contribution in [0.15, 0.2) is 0 Å². The van der Waals surface area contributed by atoms with E-state index in [1.165, 1.54) is 0 Å². The number of hydrogen-bond acceptors (Lipinski definition) is 5. The van der Waals surface area contributed by atoms with Crippen LogP contribution in [0.2, 0.25) is 0 Å². The topological polar surface area (TPSA) is 78.6 Å². The summed E-state index contributed by atoms with van der Waals surface area (Å²) in [6.45, 7) is 8.18. The van der Waals surface area contributed by atoms with Gasteiger partial charge in [-0.1, -0.05) is 0 Å². The molecule has 0 spiro atoms. The molecule has 106 valence electrons. The lowest BCUT2D eigenvalue weighted by molar-refractivity contribution is -0.157. The van der Waals surface area contributed by atoms with E-state index >= 15 is 0 Å². The van der Waals surface area contributed by atoms with E-state index in [9.17, 15) is 9.59 Å². The van der Waals surface area contributed by atoms with Gasteiger partial charge in [-0.3, -0.25) is 9.59 Å². The summed E-state index contributed by atoms with van der Waals surface area (Å²) in [6.07, 6.45) is 0.805. The van der Waals surface area contributed by atoms with Crippen LogP contribution in [0.1, 0.15) is 40.5 Å². The van der Waals surface area contributed by atoms with Crippen molar-refractivity contribution in [2.45, 2.75) is 40.5 Å². The smallest absolute Gasteiger partial charge is 0.311 e. The molecular formula is C13H25NO4. The molecule has 5 heteroatoms. The van der Waals surface area contributed by atoms with Crippen molar-refractivity contribution >= 4 is 11.9 Å². The molecular weight excluding hydrogens is 234 g/mol. The lowest BCUT2D eigenvalue weighted by Gasteiger charge is -2.31. The Bertz CT molecular complexity index is 276. The quantitative estimate of drug-likeness (QED) is 0.668. The average molecular weight is 259 g/mol. The SMILES string of the molecule is CCOC(=O)CCC(CN)C(C)(C)C(=O)OCC. The first kappa shape index (κ1) is 16.9. The molecule has 0 aromatic heterocycles. The summed E-state index contributed by atoms with van der Waals surface area (Å²) < 4.78 is 9.89. The zero-order valence-electron chi connectivity index (χ0n) is 11.8.